The van der Waals surface area contributed by atoms with Gasteiger partial charge >= 0.3 is 0 Å². The lowest BCUT2D eigenvalue weighted by Crippen LogP contribution is -2.43. The molecule has 1 saturated heterocycles. The molecule has 0 aromatic carbocycles. The smallest absolute Gasteiger partial charge is 0.0897 e. The Morgan fingerprint density at radius 2 is 2.26 bits per heavy atom. The lowest BCUT2D eigenvalue weighted by molar-refractivity contribution is 0.00830. The van der Waals surface area contributed by atoms with Crippen LogP contribution < -0.4 is 0 Å². The fourth-order valence-corrected chi connectivity index (χ4v) is 3.18. The number of β-amino-alcohol motifs (C(OH)–C–C–N with tert-alkyl or cyclic N) is 1. The minimum Gasteiger partial charge on any atom is -0.390 e. The molecule has 1 aliphatic heterocycles. The maximum atomic E-state index is 10.1. The first-order valence-corrected chi connectivity index (χ1v) is 7.53. The molecule has 19 heavy (non-hydrogen) atoms. The Balaban J connectivity index is 1.70. The highest BCUT2D eigenvalue weighted by Crippen LogP contribution is 2.13. The molecule has 1 aromatic heterocycles. The van der Waals surface area contributed by atoms with Gasteiger partial charge in [0.1, 0.15) is 0 Å². The highest BCUT2D eigenvalue weighted by atomic mass is 32.1. The van der Waals surface area contributed by atoms with Gasteiger partial charge in [0.2, 0.25) is 0 Å². The van der Waals surface area contributed by atoms with Crippen LogP contribution in [0.1, 0.15) is 9.88 Å². The van der Waals surface area contributed by atoms with Gasteiger partial charge in [-0.1, -0.05) is 0 Å². The number of hydrogen-bond donors (Lipinski definition) is 1. The molecule has 1 aromatic rings. The van der Waals surface area contributed by atoms with Gasteiger partial charge in [-0.25, -0.2) is 4.98 Å². The summed E-state index contributed by atoms with van der Waals surface area (Å²) in [6, 6.07) is 0. The minimum atomic E-state index is -0.308. The maximum Gasteiger partial charge on any atom is 0.0897 e. The summed E-state index contributed by atoms with van der Waals surface area (Å²) in [6.45, 7) is 7.70. The molecule has 0 spiro atoms. The average molecular weight is 285 g/mol. The molecule has 2 heterocycles. The first-order chi connectivity index (χ1) is 9.13. The molecule has 108 valence electrons. The molecular formula is C13H23N3O2S. The van der Waals surface area contributed by atoms with E-state index >= 15 is 0 Å². The van der Waals surface area contributed by atoms with E-state index in [-0.39, 0.29) is 6.10 Å². The second kappa shape index (κ2) is 7.31. The van der Waals surface area contributed by atoms with Crippen molar-refractivity contribution in [1.82, 2.24) is 14.8 Å². The summed E-state index contributed by atoms with van der Waals surface area (Å²) in [4.78, 5) is 9.91. The standard InChI is InChI=1S/C13H23N3O2S/c1-11-14-7-13(19-11)10-15(2)8-12(17)9-16-3-5-18-6-4-16/h7,12,17H,3-6,8-10H2,1-2H3. The van der Waals surface area contributed by atoms with Crippen molar-refractivity contribution in [1.29, 1.82) is 0 Å². The maximum absolute atomic E-state index is 10.1. The van der Waals surface area contributed by atoms with Crippen LogP contribution in [0, 0.1) is 6.92 Å². The van der Waals surface area contributed by atoms with Crippen LogP contribution in [0.15, 0.2) is 6.20 Å². The lowest BCUT2D eigenvalue weighted by Gasteiger charge is -2.29. The second-order valence-electron chi connectivity index (χ2n) is 5.11. The van der Waals surface area contributed by atoms with Crippen molar-refractivity contribution in [3.8, 4) is 0 Å². The zero-order chi connectivity index (χ0) is 13.7. The highest BCUT2D eigenvalue weighted by Gasteiger charge is 2.16. The topological polar surface area (TPSA) is 48.8 Å². The van der Waals surface area contributed by atoms with Crippen molar-refractivity contribution < 1.29 is 9.84 Å². The SMILES string of the molecule is Cc1ncc(CN(C)CC(O)CN2CCOCC2)s1. The average Bonchev–Trinajstić information content (AvgIpc) is 2.75. The molecule has 0 aliphatic carbocycles. The molecule has 1 unspecified atom stereocenters. The van der Waals surface area contributed by atoms with Crippen molar-refractivity contribution in [2.24, 2.45) is 0 Å². The number of aliphatic hydroxyl groups is 1. The monoisotopic (exact) mass is 285 g/mol. The van der Waals surface area contributed by atoms with E-state index in [0.717, 1.165) is 44.4 Å². The zero-order valence-electron chi connectivity index (χ0n) is 11.7. The fourth-order valence-electron chi connectivity index (χ4n) is 2.31. The van der Waals surface area contributed by atoms with Crippen LogP contribution in [0.2, 0.25) is 0 Å². The predicted molar refractivity (Wildman–Crippen MR) is 76.5 cm³/mol. The van der Waals surface area contributed by atoms with E-state index in [2.05, 4.69) is 14.8 Å². The number of likely N-dealkylation sites (N-methyl/N-ethyl adjacent to an activating group) is 1. The third kappa shape index (κ3) is 5.16. The Hall–Kier alpha value is -0.530. The Kier molecular flexibility index (Phi) is 5.72. The third-order valence-corrected chi connectivity index (χ3v) is 4.09. The number of aliphatic hydroxyl groups excluding tert-OH is 1. The number of aromatic nitrogens is 1. The van der Waals surface area contributed by atoms with Gasteiger partial charge in [-0.3, -0.25) is 9.80 Å². The Morgan fingerprint density at radius 3 is 2.89 bits per heavy atom. The molecular weight excluding hydrogens is 262 g/mol. The van der Waals surface area contributed by atoms with Crippen LogP contribution in [-0.4, -0.2) is 72.4 Å². The van der Waals surface area contributed by atoms with Crippen molar-refractivity contribution in [3.05, 3.63) is 16.1 Å². The summed E-state index contributed by atoms with van der Waals surface area (Å²) in [5.41, 5.74) is 0. The molecule has 1 N–H and O–H groups in total. The Labute approximate surface area is 118 Å². The summed E-state index contributed by atoms with van der Waals surface area (Å²) in [5, 5.41) is 11.2. The van der Waals surface area contributed by atoms with E-state index in [1.54, 1.807) is 11.3 Å². The van der Waals surface area contributed by atoms with E-state index in [4.69, 9.17) is 4.74 Å². The van der Waals surface area contributed by atoms with Crippen molar-refractivity contribution in [2.45, 2.75) is 19.6 Å². The van der Waals surface area contributed by atoms with Gasteiger partial charge in [-0.05, 0) is 14.0 Å². The van der Waals surface area contributed by atoms with E-state index in [1.807, 2.05) is 20.2 Å². The highest BCUT2D eigenvalue weighted by molar-refractivity contribution is 7.11. The van der Waals surface area contributed by atoms with Crippen LogP contribution in [-0.2, 0) is 11.3 Å². The summed E-state index contributed by atoms with van der Waals surface area (Å²) in [5.74, 6) is 0. The first kappa shape index (κ1) is 14.9. The van der Waals surface area contributed by atoms with Crippen LogP contribution in [0.3, 0.4) is 0 Å². The molecule has 0 saturated carbocycles. The van der Waals surface area contributed by atoms with E-state index in [1.165, 1.54) is 4.88 Å². The minimum absolute atomic E-state index is 0.308. The number of nitrogens with zero attached hydrogens (tertiary/aromatic N) is 3. The predicted octanol–water partition coefficient (Wildman–Crippen LogP) is 0.576. The van der Waals surface area contributed by atoms with Gasteiger partial charge in [0.25, 0.3) is 0 Å². The first-order valence-electron chi connectivity index (χ1n) is 6.71. The van der Waals surface area contributed by atoms with Gasteiger partial charge in [-0.2, -0.15) is 0 Å². The third-order valence-electron chi connectivity index (χ3n) is 3.19. The van der Waals surface area contributed by atoms with Crippen LogP contribution in [0.5, 0.6) is 0 Å². The molecule has 1 atom stereocenters. The summed E-state index contributed by atoms with van der Waals surface area (Å²) in [7, 11) is 2.04. The van der Waals surface area contributed by atoms with E-state index < -0.39 is 0 Å². The van der Waals surface area contributed by atoms with Crippen LogP contribution in [0.25, 0.3) is 0 Å². The molecule has 0 radical (unpaired) electrons. The molecule has 1 fully saturated rings. The largest absolute Gasteiger partial charge is 0.390 e. The van der Waals surface area contributed by atoms with E-state index in [0.29, 0.717) is 6.54 Å². The number of ether oxygens (including phenoxy) is 1. The number of aryl methyl sites for hydroxylation is 1. The summed E-state index contributed by atoms with van der Waals surface area (Å²) >= 11 is 1.72. The molecule has 5 nitrogen and oxygen atoms in total. The number of morpholine rings is 1. The zero-order valence-corrected chi connectivity index (χ0v) is 12.5. The molecule has 2 rings (SSSR count). The van der Waals surface area contributed by atoms with Gasteiger partial charge < -0.3 is 9.84 Å². The Bertz CT molecular complexity index is 380. The quantitative estimate of drug-likeness (QED) is 0.828. The van der Waals surface area contributed by atoms with E-state index in [9.17, 15) is 5.11 Å². The summed E-state index contributed by atoms with van der Waals surface area (Å²) in [6.07, 6.45) is 1.61. The molecule has 6 heteroatoms. The van der Waals surface area contributed by atoms with Crippen LogP contribution in [0.4, 0.5) is 0 Å². The number of hydrogen-bond acceptors (Lipinski definition) is 6. The van der Waals surface area contributed by atoms with Gasteiger partial charge in [-0.15, -0.1) is 11.3 Å². The number of thiazole rings is 1. The van der Waals surface area contributed by atoms with Crippen molar-refractivity contribution in [3.63, 3.8) is 0 Å². The van der Waals surface area contributed by atoms with Crippen LogP contribution >= 0.6 is 11.3 Å². The van der Waals surface area contributed by atoms with Crippen molar-refractivity contribution >= 4 is 11.3 Å². The summed E-state index contributed by atoms with van der Waals surface area (Å²) < 4.78 is 5.30. The van der Waals surface area contributed by atoms with Gasteiger partial charge in [0.15, 0.2) is 0 Å². The normalized spacial score (nSPS) is 18.9. The van der Waals surface area contributed by atoms with Gasteiger partial charge in [0.05, 0.1) is 24.3 Å². The second-order valence-corrected chi connectivity index (χ2v) is 6.43. The molecule has 0 bridgehead atoms. The lowest BCUT2D eigenvalue weighted by atomic mass is 10.3. The molecule has 0 amide bonds. The number of rotatable bonds is 6. The van der Waals surface area contributed by atoms with Gasteiger partial charge in [0, 0.05) is 43.8 Å². The van der Waals surface area contributed by atoms with Crippen molar-refractivity contribution in [2.75, 3.05) is 46.4 Å². The molecule has 1 aliphatic rings. The Morgan fingerprint density at radius 1 is 1.53 bits per heavy atom. The fraction of sp³-hybridized carbons (Fsp3) is 0.769.